The standard InChI is InChI=1S/C6H7NO4S/c8-3-1-2-4(9)7(3)5(12)6(10)11/h1-2,6,8-11H. The molecule has 0 spiro atoms. The fraction of sp³-hybridized carbons (Fsp3) is 0.167. The molecular weight excluding hydrogens is 182 g/mol. The molecule has 1 rings (SSSR count). The summed E-state index contributed by atoms with van der Waals surface area (Å²) in [5.41, 5.74) is 0. The average Bonchev–Trinajstić information content (AvgIpc) is 2.30. The summed E-state index contributed by atoms with van der Waals surface area (Å²) in [6, 6.07) is 2.37. The second-order valence-electron chi connectivity index (χ2n) is 2.10. The fourth-order valence-corrected chi connectivity index (χ4v) is 0.944. The van der Waals surface area contributed by atoms with Crippen molar-refractivity contribution in [3.05, 3.63) is 12.1 Å². The first-order chi connectivity index (χ1) is 5.54. The van der Waals surface area contributed by atoms with Crippen LogP contribution in [0.1, 0.15) is 0 Å². The first-order valence-electron chi connectivity index (χ1n) is 3.04. The van der Waals surface area contributed by atoms with Crippen molar-refractivity contribution in [2.45, 2.75) is 6.29 Å². The second-order valence-corrected chi connectivity index (χ2v) is 2.52. The summed E-state index contributed by atoms with van der Waals surface area (Å²) in [6.45, 7) is 0. The van der Waals surface area contributed by atoms with Gasteiger partial charge in [0, 0.05) is 12.1 Å². The molecule has 6 heteroatoms. The van der Waals surface area contributed by atoms with Crippen LogP contribution in [0.3, 0.4) is 0 Å². The summed E-state index contributed by atoms with van der Waals surface area (Å²) >= 11 is 4.52. The van der Waals surface area contributed by atoms with Crippen LogP contribution in [0.2, 0.25) is 0 Å². The lowest BCUT2D eigenvalue weighted by Crippen LogP contribution is -2.24. The average molecular weight is 189 g/mol. The predicted molar refractivity (Wildman–Crippen MR) is 44.0 cm³/mol. The quantitative estimate of drug-likeness (QED) is 0.349. The van der Waals surface area contributed by atoms with Gasteiger partial charge in [0.05, 0.1) is 0 Å². The van der Waals surface area contributed by atoms with Crippen molar-refractivity contribution < 1.29 is 20.4 Å². The third-order valence-electron chi connectivity index (χ3n) is 1.28. The SMILES string of the molecule is Oc1ccc(O)n1C(=S)C(O)O. The van der Waals surface area contributed by atoms with Crippen molar-refractivity contribution >= 4 is 17.2 Å². The maximum absolute atomic E-state index is 9.04. The van der Waals surface area contributed by atoms with Gasteiger partial charge in [-0.3, -0.25) is 0 Å². The Bertz CT molecular complexity index is 287. The Kier molecular flexibility index (Phi) is 2.32. The zero-order chi connectivity index (χ0) is 9.30. The van der Waals surface area contributed by atoms with Crippen LogP contribution in [0, 0.1) is 0 Å². The zero-order valence-corrected chi connectivity index (χ0v) is 6.69. The van der Waals surface area contributed by atoms with Gasteiger partial charge in [-0.1, -0.05) is 12.2 Å². The fourth-order valence-electron chi connectivity index (χ4n) is 0.757. The molecule has 1 heterocycles. The first-order valence-corrected chi connectivity index (χ1v) is 3.45. The number of aromatic hydroxyl groups is 2. The van der Waals surface area contributed by atoms with Crippen molar-refractivity contribution in [2.24, 2.45) is 0 Å². The van der Waals surface area contributed by atoms with Crippen LogP contribution < -0.4 is 0 Å². The Labute approximate surface area is 73.1 Å². The molecule has 0 saturated heterocycles. The third kappa shape index (κ3) is 1.40. The van der Waals surface area contributed by atoms with Gasteiger partial charge in [-0.25, -0.2) is 4.57 Å². The largest absolute Gasteiger partial charge is 0.494 e. The number of hydrogen-bond donors (Lipinski definition) is 4. The molecule has 0 amide bonds. The minimum Gasteiger partial charge on any atom is -0.494 e. The molecule has 0 atom stereocenters. The van der Waals surface area contributed by atoms with Crippen LogP contribution >= 0.6 is 12.2 Å². The monoisotopic (exact) mass is 189 g/mol. The molecule has 5 nitrogen and oxygen atoms in total. The van der Waals surface area contributed by atoms with Gasteiger partial charge in [0.2, 0.25) is 6.29 Å². The smallest absolute Gasteiger partial charge is 0.205 e. The summed E-state index contributed by atoms with van der Waals surface area (Å²) in [5.74, 6) is -0.684. The van der Waals surface area contributed by atoms with Gasteiger partial charge in [-0.15, -0.1) is 0 Å². The summed E-state index contributed by atoms with van der Waals surface area (Å²) < 4.78 is 0.750. The van der Waals surface area contributed by atoms with E-state index in [1.54, 1.807) is 0 Å². The highest BCUT2D eigenvalue weighted by atomic mass is 32.1. The molecule has 1 aromatic rings. The molecule has 0 radical (unpaired) electrons. The lowest BCUT2D eigenvalue weighted by molar-refractivity contribution is 0.0187. The molecule has 0 saturated carbocycles. The Balaban J connectivity index is 3.09. The molecule has 4 N–H and O–H groups in total. The van der Waals surface area contributed by atoms with Crippen molar-refractivity contribution in [3.8, 4) is 11.8 Å². The molecule has 0 unspecified atom stereocenters. The highest BCUT2D eigenvalue weighted by Crippen LogP contribution is 2.21. The molecule has 66 valence electrons. The van der Waals surface area contributed by atoms with Crippen LogP contribution in [0.5, 0.6) is 11.8 Å². The molecule has 12 heavy (non-hydrogen) atoms. The van der Waals surface area contributed by atoms with Crippen LogP contribution in [0.15, 0.2) is 12.1 Å². The van der Waals surface area contributed by atoms with Crippen molar-refractivity contribution in [1.82, 2.24) is 4.57 Å². The lowest BCUT2D eigenvalue weighted by Gasteiger charge is -2.08. The van der Waals surface area contributed by atoms with Gasteiger partial charge in [0.15, 0.2) is 11.8 Å². The van der Waals surface area contributed by atoms with Crippen LogP contribution in [0.25, 0.3) is 0 Å². The Morgan fingerprint density at radius 3 is 2.00 bits per heavy atom. The summed E-state index contributed by atoms with van der Waals surface area (Å²) in [4.78, 5) is -0.380. The van der Waals surface area contributed by atoms with E-state index in [1.807, 2.05) is 0 Å². The van der Waals surface area contributed by atoms with Crippen LogP contribution in [-0.2, 0) is 0 Å². The minimum absolute atomic E-state index is 0.342. The zero-order valence-electron chi connectivity index (χ0n) is 5.88. The second kappa shape index (κ2) is 3.10. The topological polar surface area (TPSA) is 85.9 Å². The molecular formula is C6H7NO4S. The van der Waals surface area contributed by atoms with E-state index in [0.717, 1.165) is 4.57 Å². The van der Waals surface area contributed by atoms with E-state index in [1.165, 1.54) is 12.1 Å². The van der Waals surface area contributed by atoms with E-state index in [0.29, 0.717) is 0 Å². The molecule has 1 aromatic heterocycles. The van der Waals surface area contributed by atoms with E-state index in [4.69, 9.17) is 20.4 Å². The van der Waals surface area contributed by atoms with Gasteiger partial charge in [0.25, 0.3) is 0 Å². The Hall–Kier alpha value is -1.11. The lowest BCUT2D eigenvalue weighted by atomic mass is 10.6. The van der Waals surface area contributed by atoms with E-state index < -0.39 is 6.29 Å². The normalized spacial score (nSPS) is 10.6. The van der Waals surface area contributed by atoms with Crippen molar-refractivity contribution in [2.75, 3.05) is 0 Å². The van der Waals surface area contributed by atoms with Gasteiger partial charge < -0.3 is 20.4 Å². The van der Waals surface area contributed by atoms with Gasteiger partial charge in [-0.05, 0) is 0 Å². The number of thiocarbonyl (C=S) groups is 1. The molecule has 0 aliphatic rings. The highest BCUT2D eigenvalue weighted by Gasteiger charge is 2.15. The molecule has 0 aliphatic heterocycles. The Morgan fingerprint density at radius 1 is 1.25 bits per heavy atom. The summed E-state index contributed by atoms with van der Waals surface area (Å²) in [6.07, 6.45) is -1.89. The molecule has 0 aliphatic carbocycles. The predicted octanol–water partition coefficient (Wildman–Crippen LogP) is -0.614. The maximum atomic E-state index is 9.04. The number of aliphatic hydroxyl groups is 2. The first kappa shape index (κ1) is 8.98. The number of aromatic nitrogens is 1. The number of rotatable bonds is 1. The summed E-state index contributed by atoms with van der Waals surface area (Å²) in [7, 11) is 0. The molecule has 0 bridgehead atoms. The molecule has 0 fully saturated rings. The minimum atomic E-state index is -1.89. The number of nitrogens with zero attached hydrogens (tertiary/aromatic N) is 1. The third-order valence-corrected chi connectivity index (χ3v) is 1.67. The number of aliphatic hydroxyl groups excluding tert-OH is 1. The molecule has 0 aromatic carbocycles. The van der Waals surface area contributed by atoms with E-state index in [9.17, 15) is 0 Å². The summed E-state index contributed by atoms with van der Waals surface area (Å²) in [5, 5.41) is 35.3. The van der Waals surface area contributed by atoms with Gasteiger partial charge >= 0.3 is 0 Å². The highest BCUT2D eigenvalue weighted by molar-refractivity contribution is 7.80. The van der Waals surface area contributed by atoms with Crippen molar-refractivity contribution in [3.63, 3.8) is 0 Å². The van der Waals surface area contributed by atoms with Crippen molar-refractivity contribution in [1.29, 1.82) is 0 Å². The van der Waals surface area contributed by atoms with Crippen LogP contribution in [0.4, 0.5) is 0 Å². The number of hydrogen-bond acceptors (Lipinski definition) is 5. The van der Waals surface area contributed by atoms with E-state index >= 15 is 0 Å². The van der Waals surface area contributed by atoms with Gasteiger partial charge in [0.1, 0.15) is 4.99 Å². The van der Waals surface area contributed by atoms with Gasteiger partial charge in [-0.2, -0.15) is 0 Å². The Morgan fingerprint density at radius 2 is 1.67 bits per heavy atom. The van der Waals surface area contributed by atoms with Crippen LogP contribution in [-0.4, -0.2) is 36.3 Å². The maximum Gasteiger partial charge on any atom is 0.205 e. The van der Waals surface area contributed by atoms with E-state index in [-0.39, 0.29) is 16.7 Å². The van der Waals surface area contributed by atoms with E-state index in [2.05, 4.69) is 12.2 Å².